The van der Waals surface area contributed by atoms with E-state index in [2.05, 4.69) is 20.9 Å². The van der Waals surface area contributed by atoms with Crippen molar-refractivity contribution in [3.63, 3.8) is 0 Å². The van der Waals surface area contributed by atoms with E-state index in [-0.39, 0.29) is 12.2 Å². The van der Waals surface area contributed by atoms with Gasteiger partial charge >= 0.3 is 6.18 Å². The van der Waals surface area contributed by atoms with Crippen LogP contribution in [0.25, 0.3) is 0 Å². The van der Waals surface area contributed by atoms with Crippen LogP contribution in [0.15, 0.2) is 16.7 Å². The van der Waals surface area contributed by atoms with Crippen LogP contribution in [0.1, 0.15) is 16.1 Å². The maximum Gasteiger partial charge on any atom is 0.406 e. The fourth-order valence-electron chi connectivity index (χ4n) is 1.57. The maximum atomic E-state index is 12.2. The molecule has 0 radical (unpaired) electrons. The summed E-state index contributed by atoms with van der Waals surface area (Å²) in [5, 5.41) is 0. The van der Waals surface area contributed by atoms with Crippen LogP contribution in [0.4, 0.5) is 13.2 Å². The predicted molar refractivity (Wildman–Crippen MR) is 52.7 cm³/mol. The van der Waals surface area contributed by atoms with Gasteiger partial charge in [-0.15, -0.1) is 0 Å². The van der Waals surface area contributed by atoms with E-state index in [1.165, 1.54) is 6.20 Å². The first-order chi connectivity index (χ1) is 7.37. The first kappa shape index (κ1) is 11.4. The quantitative estimate of drug-likeness (QED) is 0.797. The molecule has 1 amide bonds. The van der Waals surface area contributed by atoms with Crippen molar-refractivity contribution in [3.05, 3.63) is 28.0 Å². The van der Waals surface area contributed by atoms with Gasteiger partial charge in [0.25, 0.3) is 5.91 Å². The van der Waals surface area contributed by atoms with Crippen LogP contribution in [0.3, 0.4) is 0 Å². The summed E-state index contributed by atoms with van der Waals surface area (Å²) in [6.07, 6.45) is -2.98. The lowest BCUT2D eigenvalue weighted by molar-refractivity contribution is -0.140. The number of carbonyl (C=O) groups is 1. The van der Waals surface area contributed by atoms with Gasteiger partial charge in [-0.1, -0.05) is 0 Å². The molecule has 0 spiro atoms. The number of rotatable bonds is 1. The third kappa shape index (κ3) is 2.18. The molecule has 0 N–H and O–H groups in total. The minimum atomic E-state index is -4.38. The Morgan fingerprint density at radius 3 is 2.81 bits per heavy atom. The second-order valence-corrected chi connectivity index (χ2v) is 4.35. The zero-order chi connectivity index (χ0) is 11.9. The molecule has 2 rings (SSSR count). The second-order valence-electron chi connectivity index (χ2n) is 3.44. The molecule has 1 aliphatic rings. The summed E-state index contributed by atoms with van der Waals surface area (Å²) < 4.78 is 37.1. The Morgan fingerprint density at radius 2 is 2.19 bits per heavy atom. The minimum absolute atomic E-state index is 0.0416. The molecular weight excluding hydrogens is 289 g/mol. The van der Waals surface area contributed by atoms with Crippen LogP contribution in [0, 0.1) is 0 Å². The summed E-state index contributed by atoms with van der Waals surface area (Å²) in [6.45, 7) is -1.28. The number of hydrogen-bond donors (Lipinski definition) is 0. The van der Waals surface area contributed by atoms with Crippen molar-refractivity contribution in [2.24, 2.45) is 0 Å². The molecule has 86 valence electrons. The van der Waals surface area contributed by atoms with Crippen LogP contribution in [0.5, 0.6) is 0 Å². The van der Waals surface area contributed by atoms with Gasteiger partial charge in [0.2, 0.25) is 0 Å². The van der Waals surface area contributed by atoms with Crippen molar-refractivity contribution in [1.29, 1.82) is 0 Å². The summed E-state index contributed by atoms with van der Waals surface area (Å²) in [4.78, 5) is 16.1. The summed E-state index contributed by atoms with van der Waals surface area (Å²) in [5.41, 5.74) is 0.621. The zero-order valence-electron chi connectivity index (χ0n) is 7.88. The molecule has 0 saturated heterocycles. The molecule has 0 aliphatic carbocycles. The van der Waals surface area contributed by atoms with Crippen molar-refractivity contribution < 1.29 is 18.0 Å². The molecule has 0 aromatic carbocycles. The Hall–Kier alpha value is -1.11. The molecule has 16 heavy (non-hydrogen) atoms. The van der Waals surface area contributed by atoms with Crippen molar-refractivity contribution in [3.8, 4) is 0 Å². The van der Waals surface area contributed by atoms with Gasteiger partial charge < -0.3 is 4.90 Å². The lowest BCUT2D eigenvalue weighted by Crippen LogP contribution is -2.34. The Bertz CT molecular complexity index is 447. The lowest BCUT2D eigenvalue weighted by Gasteiger charge is -2.16. The summed E-state index contributed by atoms with van der Waals surface area (Å²) in [7, 11) is 0. The third-order valence-electron chi connectivity index (χ3n) is 2.15. The Kier molecular flexibility index (Phi) is 2.65. The van der Waals surface area contributed by atoms with Gasteiger partial charge in [0, 0.05) is 22.8 Å². The van der Waals surface area contributed by atoms with E-state index in [1.807, 2.05) is 0 Å². The topological polar surface area (TPSA) is 33.2 Å². The number of pyridine rings is 1. The highest BCUT2D eigenvalue weighted by Gasteiger charge is 2.38. The fraction of sp³-hybridized carbons (Fsp3) is 0.333. The van der Waals surface area contributed by atoms with E-state index in [9.17, 15) is 18.0 Å². The molecule has 0 fully saturated rings. The average molecular weight is 295 g/mol. The first-order valence-electron chi connectivity index (χ1n) is 4.37. The molecule has 0 unspecified atom stereocenters. The summed E-state index contributed by atoms with van der Waals surface area (Å²) >= 11 is 3.15. The van der Waals surface area contributed by atoms with E-state index < -0.39 is 18.6 Å². The summed E-state index contributed by atoms with van der Waals surface area (Å²) in [6, 6.07) is 1.61. The van der Waals surface area contributed by atoms with E-state index in [0.29, 0.717) is 10.0 Å². The number of carbonyl (C=O) groups excluding carboxylic acids is 1. The molecule has 0 bridgehead atoms. The third-order valence-corrected chi connectivity index (χ3v) is 2.59. The van der Waals surface area contributed by atoms with E-state index >= 15 is 0 Å². The number of fused-ring (bicyclic) bond motifs is 1. The second kappa shape index (κ2) is 3.73. The van der Waals surface area contributed by atoms with Gasteiger partial charge in [-0.2, -0.15) is 13.2 Å². The Labute approximate surface area is 97.4 Å². The van der Waals surface area contributed by atoms with Gasteiger partial charge in [-0.3, -0.25) is 4.79 Å². The van der Waals surface area contributed by atoms with Crippen LogP contribution in [-0.2, 0) is 6.54 Å². The van der Waals surface area contributed by atoms with Crippen molar-refractivity contribution in [2.75, 3.05) is 6.54 Å². The number of amides is 1. The number of nitrogens with zero attached hydrogens (tertiary/aromatic N) is 2. The van der Waals surface area contributed by atoms with Crippen molar-refractivity contribution in [1.82, 2.24) is 9.88 Å². The van der Waals surface area contributed by atoms with Crippen LogP contribution in [0.2, 0.25) is 0 Å². The first-order valence-corrected chi connectivity index (χ1v) is 5.16. The molecule has 2 heterocycles. The van der Waals surface area contributed by atoms with Crippen LogP contribution >= 0.6 is 15.9 Å². The number of aromatic nitrogens is 1. The average Bonchev–Trinajstić information content (AvgIpc) is 2.40. The highest BCUT2D eigenvalue weighted by atomic mass is 79.9. The van der Waals surface area contributed by atoms with Gasteiger partial charge in [0.15, 0.2) is 0 Å². The highest BCUT2D eigenvalue weighted by molar-refractivity contribution is 9.10. The van der Waals surface area contributed by atoms with Gasteiger partial charge in [-0.05, 0) is 22.0 Å². The predicted octanol–water partition coefficient (Wildman–Crippen LogP) is 2.36. The van der Waals surface area contributed by atoms with Crippen molar-refractivity contribution in [2.45, 2.75) is 12.7 Å². The SMILES string of the molecule is O=C1c2ncc(Br)cc2CN1CC(F)(F)F. The van der Waals surface area contributed by atoms with Crippen LogP contribution < -0.4 is 0 Å². The molecule has 3 nitrogen and oxygen atoms in total. The number of hydrogen-bond acceptors (Lipinski definition) is 2. The molecule has 1 aromatic rings. The minimum Gasteiger partial charge on any atom is -0.324 e. The smallest absolute Gasteiger partial charge is 0.324 e. The zero-order valence-corrected chi connectivity index (χ0v) is 9.47. The lowest BCUT2D eigenvalue weighted by atomic mass is 10.2. The molecule has 7 heteroatoms. The molecule has 0 atom stereocenters. The maximum absolute atomic E-state index is 12.2. The van der Waals surface area contributed by atoms with E-state index in [1.54, 1.807) is 6.07 Å². The molecule has 1 aliphatic heterocycles. The largest absolute Gasteiger partial charge is 0.406 e. The van der Waals surface area contributed by atoms with Gasteiger partial charge in [0.1, 0.15) is 12.2 Å². The normalized spacial score (nSPS) is 15.5. The number of halogens is 4. The molecule has 1 aromatic heterocycles. The van der Waals surface area contributed by atoms with Crippen molar-refractivity contribution >= 4 is 21.8 Å². The standard InChI is InChI=1S/C9H6BrF3N2O/c10-6-1-5-3-15(4-9(11,12)13)8(16)7(5)14-2-6/h1-2H,3-4H2. The molecule has 0 saturated carbocycles. The fourth-order valence-corrected chi connectivity index (χ4v) is 1.94. The Morgan fingerprint density at radius 1 is 1.50 bits per heavy atom. The molecular formula is C9H6BrF3N2O. The monoisotopic (exact) mass is 294 g/mol. The van der Waals surface area contributed by atoms with E-state index in [4.69, 9.17) is 0 Å². The highest BCUT2D eigenvalue weighted by Crippen LogP contribution is 2.27. The van der Waals surface area contributed by atoms with Gasteiger partial charge in [0.05, 0.1) is 0 Å². The number of alkyl halides is 3. The van der Waals surface area contributed by atoms with Gasteiger partial charge in [-0.25, -0.2) is 4.98 Å². The Balaban J connectivity index is 2.24. The van der Waals surface area contributed by atoms with Crippen LogP contribution in [-0.4, -0.2) is 28.5 Å². The van der Waals surface area contributed by atoms with E-state index in [0.717, 1.165) is 4.90 Å². The summed E-state index contributed by atoms with van der Waals surface area (Å²) in [5.74, 6) is -0.667.